The average Bonchev–Trinajstić information content (AvgIpc) is 2.97. The smallest absolute Gasteiger partial charge is 0.335 e. The molecule has 0 aliphatic heterocycles. The minimum Gasteiger partial charge on any atom is -0.478 e. The van der Waals surface area contributed by atoms with Gasteiger partial charge >= 0.3 is 5.97 Å². The van der Waals surface area contributed by atoms with Crippen LogP contribution in [0.3, 0.4) is 0 Å². The summed E-state index contributed by atoms with van der Waals surface area (Å²) in [6.45, 7) is 2.05. The van der Waals surface area contributed by atoms with Crippen LogP contribution in [0.5, 0.6) is 0 Å². The summed E-state index contributed by atoms with van der Waals surface area (Å²) in [5, 5.41) is 11.9. The third-order valence-corrected chi connectivity index (χ3v) is 4.17. The maximum Gasteiger partial charge on any atom is 0.335 e. The lowest BCUT2D eigenvalue weighted by atomic mass is 10.1. The first-order valence-electron chi connectivity index (χ1n) is 6.50. The molecule has 104 valence electrons. The lowest BCUT2D eigenvalue weighted by Crippen LogP contribution is -1.95. The summed E-state index contributed by atoms with van der Waals surface area (Å²) >= 11 is 1.52. The molecular weight excluding hydrogens is 282 g/mol. The number of aromatic carboxylic acids is 1. The number of thiazole rings is 1. The fourth-order valence-corrected chi connectivity index (χ4v) is 2.99. The first-order valence-corrected chi connectivity index (χ1v) is 7.38. The second-order valence-electron chi connectivity index (χ2n) is 4.74. The standard InChI is InChI=1S/C17H13NO2S/c1-11-5-2-3-8-14(11)15-10-21-16(18-15)12-6-4-7-13(9-12)17(19)20/h2-10H,1H3,(H,19,20). The number of carbonyl (C=O) groups is 1. The Bertz CT molecular complexity index is 808. The third-order valence-electron chi connectivity index (χ3n) is 3.28. The summed E-state index contributed by atoms with van der Waals surface area (Å²) in [5.41, 5.74) is 4.32. The number of aromatic nitrogens is 1. The molecule has 1 N–H and O–H groups in total. The highest BCUT2D eigenvalue weighted by Crippen LogP contribution is 2.30. The van der Waals surface area contributed by atoms with Crippen molar-refractivity contribution in [3.8, 4) is 21.8 Å². The average molecular weight is 295 g/mol. The summed E-state index contributed by atoms with van der Waals surface area (Å²) in [4.78, 5) is 15.7. The van der Waals surface area contributed by atoms with E-state index in [4.69, 9.17) is 5.11 Å². The van der Waals surface area contributed by atoms with Gasteiger partial charge in [0, 0.05) is 16.5 Å². The van der Waals surface area contributed by atoms with Gasteiger partial charge in [0.05, 0.1) is 11.3 Å². The molecule has 0 spiro atoms. The van der Waals surface area contributed by atoms with Gasteiger partial charge in [-0.05, 0) is 24.6 Å². The Hall–Kier alpha value is -2.46. The predicted octanol–water partition coefficient (Wildman–Crippen LogP) is 4.48. The summed E-state index contributed by atoms with van der Waals surface area (Å²) < 4.78 is 0. The minimum atomic E-state index is -0.924. The van der Waals surface area contributed by atoms with Gasteiger partial charge < -0.3 is 5.11 Å². The van der Waals surface area contributed by atoms with Crippen molar-refractivity contribution >= 4 is 17.3 Å². The van der Waals surface area contributed by atoms with Crippen molar-refractivity contribution in [3.05, 3.63) is 65.0 Å². The number of carboxylic acids is 1. The predicted molar refractivity (Wildman–Crippen MR) is 84.7 cm³/mol. The molecule has 0 bridgehead atoms. The lowest BCUT2D eigenvalue weighted by Gasteiger charge is -2.01. The zero-order valence-electron chi connectivity index (χ0n) is 11.4. The molecule has 4 heteroatoms. The molecular formula is C17H13NO2S. The molecule has 21 heavy (non-hydrogen) atoms. The van der Waals surface area contributed by atoms with Crippen LogP contribution in [0, 0.1) is 6.92 Å². The van der Waals surface area contributed by atoms with Crippen molar-refractivity contribution in [2.24, 2.45) is 0 Å². The van der Waals surface area contributed by atoms with Crippen molar-refractivity contribution in [2.45, 2.75) is 6.92 Å². The number of aryl methyl sites for hydroxylation is 1. The van der Waals surface area contributed by atoms with Crippen LogP contribution in [-0.2, 0) is 0 Å². The van der Waals surface area contributed by atoms with Crippen LogP contribution in [0.4, 0.5) is 0 Å². The van der Waals surface area contributed by atoms with E-state index in [1.807, 2.05) is 29.6 Å². The van der Waals surface area contributed by atoms with E-state index >= 15 is 0 Å². The van der Waals surface area contributed by atoms with Gasteiger partial charge in [0.15, 0.2) is 0 Å². The van der Waals surface area contributed by atoms with Gasteiger partial charge in [-0.15, -0.1) is 11.3 Å². The van der Waals surface area contributed by atoms with Crippen LogP contribution < -0.4 is 0 Å². The highest BCUT2D eigenvalue weighted by Gasteiger charge is 2.10. The Morgan fingerprint density at radius 1 is 1.14 bits per heavy atom. The van der Waals surface area contributed by atoms with E-state index in [0.29, 0.717) is 0 Å². The number of nitrogens with zero attached hydrogens (tertiary/aromatic N) is 1. The van der Waals surface area contributed by atoms with Crippen molar-refractivity contribution in [2.75, 3.05) is 0 Å². The van der Waals surface area contributed by atoms with E-state index in [2.05, 4.69) is 18.0 Å². The zero-order valence-corrected chi connectivity index (χ0v) is 12.2. The molecule has 1 aromatic heterocycles. The quantitative estimate of drug-likeness (QED) is 0.775. The van der Waals surface area contributed by atoms with Gasteiger partial charge in [-0.1, -0.05) is 36.4 Å². The number of hydrogen-bond acceptors (Lipinski definition) is 3. The fourth-order valence-electron chi connectivity index (χ4n) is 2.18. The Labute approximate surface area is 126 Å². The van der Waals surface area contributed by atoms with E-state index in [0.717, 1.165) is 21.8 Å². The molecule has 2 aromatic carbocycles. The van der Waals surface area contributed by atoms with Gasteiger partial charge in [0.25, 0.3) is 0 Å². The summed E-state index contributed by atoms with van der Waals surface area (Å²) in [6.07, 6.45) is 0. The number of hydrogen-bond donors (Lipinski definition) is 1. The van der Waals surface area contributed by atoms with E-state index in [1.165, 1.54) is 16.9 Å². The summed E-state index contributed by atoms with van der Waals surface area (Å²) in [7, 11) is 0. The second kappa shape index (κ2) is 5.50. The highest BCUT2D eigenvalue weighted by molar-refractivity contribution is 7.13. The monoisotopic (exact) mass is 295 g/mol. The van der Waals surface area contributed by atoms with E-state index < -0.39 is 5.97 Å². The Morgan fingerprint density at radius 3 is 2.71 bits per heavy atom. The number of rotatable bonds is 3. The third kappa shape index (κ3) is 2.71. The Kier molecular flexibility index (Phi) is 3.54. The summed E-state index contributed by atoms with van der Waals surface area (Å²) in [6, 6.07) is 15.0. The molecule has 3 nitrogen and oxygen atoms in total. The first kappa shape index (κ1) is 13.5. The molecule has 3 rings (SSSR count). The fraction of sp³-hybridized carbons (Fsp3) is 0.0588. The Balaban J connectivity index is 2.01. The number of benzene rings is 2. The molecule has 0 saturated carbocycles. The molecule has 0 atom stereocenters. The van der Waals surface area contributed by atoms with Crippen LogP contribution >= 0.6 is 11.3 Å². The second-order valence-corrected chi connectivity index (χ2v) is 5.60. The van der Waals surface area contributed by atoms with Gasteiger partial charge in [0.2, 0.25) is 0 Å². The van der Waals surface area contributed by atoms with Gasteiger partial charge in [0.1, 0.15) is 5.01 Å². The molecule has 0 fully saturated rings. The van der Waals surface area contributed by atoms with E-state index in [-0.39, 0.29) is 5.56 Å². The minimum absolute atomic E-state index is 0.278. The van der Waals surface area contributed by atoms with Crippen molar-refractivity contribution in [1.82, 2.24) is 4.98 Å². The molecule has 1 heterocycles. The Morgan fingerprint density at radius 2 is 1.95 bits per heavy atom. The molecule has 0 aliphatic rings. The normalized spacial score (nSPS) is 10.5. The van der Waals surface area contributed by atoms with Crippen LogP contribution in [0.15, 0.2) is 53.9 Å². The summed E-state index contributed by atoms with van der Waals surface area (Å²) in [5.74, 6) is -0.924. The zero-order chi connectivity index (χ0) is 14.8. The first-order chi connectivity index (χ1) is 10.1. The van der Waals surface area contributed by atoms with Crippen molar-refractivity contribution < 1.29 is 9.90 Å². The molecule has 0 aliphatic carbocycles. The van der Waals surface area contributed by atoms with Crippen molar-refractivity contribution in [1.29, 1.82) is 0 Å². The van der Waals surface area contributed by atoms with E-state index in [1.54, 1.807) is 18.2 Å². The molecule has 0 saturated heterocycles. The molecule has 0 amide bonds. The maximum absolute atomic E-state index is 11.0. The van der Waals surface area contributed by atoms with Crippen LogP contribution in [0.1, 0.15) is 15.9 Å². The molecule has 3 aromatic rings. The van der Waals surface area contributed by atoms with Gasteiger partial charge in [-0.2, -0.15) is 0 Å². The van der Waals surface area contributed by atoms with Gasteiger partial charge in [-0.25, -0.2) is 9.78 Å². The highest BCUT2D eigenvalue weighted by atomic mass is 32.1. The lowest BCUT2D eigenvalue weighted by molar-refractivity contribution is 0.0697. The van der Waals surface area contributed by atoms with Gasteiger partial charge in [-0.3, -0.25) is 0 Å². The van der Waals surface area contributed by atoms with Crippen molar-refractivity contribution in [3.63, 3.8) is 0 Å². The largest absolute Gasteiger partial charge is 0.478 e. The van der Waals surface area contributed by atoms with E-state index in [9.17, 15) is 4.79 Å². The molecule has 0 unspecified atom stereocenters. The topological polar surface area (TPSA) is 50.2 Å². The van der Waals surface area contributed by atoms with Crippen LogP contribution in [0.25, 0.3) is 21.8 Å². The molecule has 0 radical (unpaired) electrons. The SMILES string of the molecule is Cc1ccccc1-c1csc(-c2cccc(C(=O)O)c2)n1. The maximum atomic E-state index is 11.0. The van der Waals surface area contributed by atoms with Crippen LogP contribution in [0.2, 0.25) is 0 Å². The van der Waals surface area contributed by atoms with Crippen LogP contribution in [-0.4, -0.2) is 16.1 Å². The number of carboxylic acid groups (broad SMARTS) is 1.